The number of allylic oxidation sites excluding steroid dienone is 4. The SMILES string of the molecule is [C-]1=C(C(=[C-]Cc2ccccc2)Cc2ccccc2)CCCC1.[CH]1[CH][CH][CH][CH]1.[CH]1[CH][CH][CH][CH]1.[Zr+2]. The average molecular weight is 508 g/mol. The molecule has 0 aromatic heterocycles. The molecule has 3 aliphatic carbocycles. The minimum Gasteiger partial charge on any atom is -0.373 e. The molecule has 2 aromatic rings. The first-order valence-electron chi connectivity index (χ1n) is 11.5. The van der Waals surface area contributed by atoms with E-state index in [4.69, 9.17) is 0 Å². The zero-order valence-electron chi connectivity index (χ0n) is 19.3. The Morgan fingerprint density at radius 1 is 0.636 bits per heavy atom. The Bertz CT molecular complexity index is 755. The molecule has 0 N–H and O–H groups in total. The van der Waals surface area contributed by atoms with E-state index in [0.717, 1.165) is 25.7 Å². The maximum Gasteiger partial charge on any atom is 2.00 e. The van der Waals surface area contributed by atoms with E-state index in [1.807, 2.05) is 64.2 Å². The molecule has 0 nitrogen and oxygen atoms in total. The van der Waals surface area contributed by atoms with Crippen LogP contribution in [0.2, 0.25) is 0 Å². The van der Waals surface area contributed by atoms with Crippen LogP contribution in [0.25, 0.3) is 0 Å². The first-order chi connectivity index (χ1) is 15.9. The molecule has 0 aliphatic heterocycles. The van der Waals surface area contributed by atoms with Gasteiger partial charge in [0.15, 0.2) is 0 Å². The van der Waals surface area contributed by atoms with Crippen molar-refractivity contribution in [1.29, 1.82) is 0 Å². The van der Waals surface area contributed by atoms with Gasteiger partial charge in [-0.1, -0.05) is 84.6 Å². The molecule has 0 bridgehead atoms. The van der Waals surface area contributed by atoms with Crippen molar-refractivity contribution in [3.05, 3.63) is 159 Å². The van der Waals surface area contributed by atoms with Gasteiger partial charge in [0, 0.05) is 0 Å². The monoisotopic (exact) mass is 506 g/mol. The Kier molecular flexibility index (Phi) is 15.4. The van der Waals surface area contributed by atoms with Gasteiger partial charge in [-0.05, 0) is 64.2 Å². The predicted octanol–water partition coefficient (Wildman–Crippen LogP) is 7.55. The summed E-state index contributed by atoms with van der Waals surface area (Å²) in [7, 11) is 0. The van der Waals surface area contributed by atoms with Crippen LogP contribution in [0.3, 0.4) is 0 Å². The van der Waals surface area contributed by atoms with E-state index in [1.54, 1.807) is 0 Å². The van der Waals surface area contributed by atoms with Crippen molar-refractivity contribution in [2.24, 2.45) is 0 Å². The molecule has 2 fully saturated rings. The third kappa shape index (κ3) is 12.2. The fourth-order valence-electron chi connectivity index (χ4n) is 3.53. The van der Waals surface area contributed by atoms with E-state index in [9.17, 15) is 0 Å². The molecule has 0 spiro atoms. The summed E-state index contributed by atoms with van der Waals surface area (Å²) in [6.45, 7) is 0. The largest absolute Gasteiger partial charge is 2.00 e. The number of hydrogen-bond donors (Lipinski definition) is 0. The predicted molar refractivity (Wildman–Crippen MR) is 135 cm³/mol. The average Bonchev–Trinajstić information content (AvgIpc) is 3.63. The van der Waals surface area contributed by atoms with E-state index in [-0.39, 0.29) is 26.2 Å². The van der Waals surface area contributed by atoms with E-state index in [0.29, 0.717) is 0 Å². The fourth-order valence-corrected chi connectivity index (χ4v) is 3.53. The first kappa shape index (κ1) is 28.0. The Morgan fingerprint density at radius 2 is 1.12 bits per heavy atom. The summed E-state index contributed by atoms with van der Waals surface area (Å²) in [5, 5.41) is 0. The summed E-state index contributed by atoms with van der Waals surface area (Å²) < 4.78 is 0. The molecule has 1 heteroatoms. The smallest absolute Gasteiger partial charge is 0.373 e. The minimum atomic E-state index is 0. The van der Waals surface area contributed by atoms with Crippen LogP contribution in [0.4, 0.5) is 0 Å². The molecule has 0 saturated heterocycles. The molecular weight excluding hydrogens is 476 g/mol. The van der Waals surface area contributed by atoms with Gasteiger partial charge in [-0.3, -0.25) is 0 Å². The molecule has 3 aliphatic rings. The molecule has 0 heterocycles. The van der Waals surface area contributed by atoms with E-state index < -0.39 is 0 Å². The molecule has 0 atom stereocenters. The van der Waals surface area contributed by atoms with Crippen LogP contribution in [-0.2, 0) is 39.0 Å². The number of benzene rings is 2. The van der Waals surface area contributed by atoms with Gasteiger partial charge in [0.2, 0.25) is 0 Å². The second-order valence-electron chi connectivity index (χ2n) is 7.77. The number of rotatable bonds is 5. The maximum atomic E-state index is 3.67. The summed E-state index contributed by atoms with van der Waals surface area (Å²) in [5.74, 6) is 0. The molecule has 0 unspecified atom stereocenters. The maximum absolute atomic E-state index is 3.67. The summed E-state index contributed by atoms with van der Waals surface area (Å²) >= 11 is 0. The Labute approximate surface area is 223 Å². The number of hydrogen-bond acceptors (Lipinski definition) is 0. The summed E-state index contributed by atoms with van der Waals surface area (Å²) in [5.41, 5.74) is 5.42. The Hall–Kier alpha value is -1.20. The van der Waals surface area contributed by atoms with Gasteiger partial charge in [0.1, 0.15) is 0 Å². The second-order valence-corrected chi connectivity index (χ2v) is 7.77. The summed E-state index contributed by atoms with van der Waals surface area (Å²) in [4.78, 5) is 0. The van der Waals surface area contributed by atoms with E-state index in [1.165, 1.54) is 35.1 Å². The molecular formula is C32H32Zr. The van der Waals surface area contributed by atoms with Crippen molar-refractivity contribution in [3.63, 3.8) is 0 Å². The summed E-state index contributed by atoms with van der Waals surface area (Å²) in [6, 6.07) is 21.3. The summed E-state index contributed by atoms with van der Waals surface area (Å²) in [6.07, 6.45) is 33.9. The molecule has 2 aromatic carbocycles. The van der Waals surface area contributed by atoms with Gasteiger partial charge >= 0.3 is 26.2 Å². The third-order valence-corrected chi connectivity index (χ3v) is 5.24. The van der Waals surface area contributed by atoms with Crippen LogP contribution in [0.5, 0.6) is 0 Å². The quantitative estimate of drug-likeness (QED) is 0.367. The van der Waals surface area contributed by atoms with Crippen LogP contribution in [0, 0.1) is 76.4 Å². The zero-order valence-corrected chi connectivity index (χ0v) is 21.7. The van der Waals surface area contributed by atoms with Crippen molar-refractivity contribution in [2.75, 3.05) is 0 Å². The van der Waals surface area contributed by atoms with Crippen LogP contribution in [-0.4, -0.2) is 0 Å². The van der Waals surface area contributed by atoms with Crippen molar-refractivity contribution in [3.8, 4) is 0 Å². The van der Waals surface area contributed by atoms with Crippen molar-refractivity contribution in [2.45, 2.75) is 38.5 Å². The van der Waals surface area contributed by atoms with E-state index >= 15 is 0 Å². The Morgan fingerprint density at radius 3 is 1.58 bits per heavy atom. The molecule has 10 radical (unpaired) electrons. The molecule has 33 heavy (non-hydrogen) atoms. The van der Waals surface area contributed by atoms with Crippen molar-refractivity contribution in [1.82, 2.24) is 0 Å². The third-order valence-electron chi connectivity index (χ3n) is 5.24. The van der Waals surface area contributed by atoms with Gasteiger partial charge in [0.05, 0.1) is 0 Å². The molecule has 5 rings (SSSR count). The molecule has 0 amide bonds. The Balaban J connectivity index is 0.000000288. The first-order valence-corrected chi connectivity index (χ1v) is 11.5. The topological polar surface area (TPSA) is 0 Å². The second kappa shape index (κ2) is 18.2. The zero-order chi connectivity index (χ0) is 22.1. The van der Waals surface area contributed by atoms with Gasteiger partial charge < -0.3 is 23.3 Å². The van der Waals surface area contributed by atoms with Crippen LogP contribution in [0.1, 0.15) is 36.8 Å². The minimum absolute atomic E-state index is 0. The van der Waals surface area contributed by atoms with Crippen molar-refractivity contribution >= 4 is 0 Å². The van der Waals surface area contributed by atoms with Crippen LogP contribution in [0.15, 0.2) is 71.8 Å². The molecule has 164 valence electrons. The van der Waals surface area contributed by atoms with Gasteiger partial charge in [0.25, 0.3) is 0 Å². The normalized spacial score (nSPS) is 17.6. The van der Waals surface area contributed by atoms with Gasteiger partial charge in [-0.15, -0.1) is 25.7 Å². The standard InChI is InChI=1S/C22H22.2C5H5.Zr/c1-4-10-19(11-5-1)16-17-22(21-14-8-3-9-15-21)18-20-12-6-2-7-13-20;2*1-2-4-5-3-1;/h1-2,4-7,10-13H,3,8-9,14,16,18H2;2*1-5H;/q-2;;;+2. The fraction of sp³-hybridized carbons (Fsp3) is 0.188. The van der Waals surface area contributed by atoms with E-state index in [2.05, 4.69) is 72.8 Å². The van der Waals surface area contributed by atoms with Crippen LogP contribution < -0.4 is 0 Å². The van der Waals surface area contributed by atoms with Gasteiger partial charge in [-0.25, -0.2) is 0 Å². The molecule has 2 saturated carbocycles. The van der Waals surface area contributed by atoms with Crippen LogP contribution >= 0.6 is 0 Å². The van der Waals surface area contributed by atoms with Gasteiger partial charge in [-0.2, -0.15) is 0 Å². The van der Waals surface area contributed by atoms with Crippen molar-refractivity contribution < 1.29 is 26.2 Å².